The molecular weight excluding hydrogens is 367 g/mol. The van der Waals surface area contributed by atoms with Crippen molar-refractivity contribution in [1.82, 2.24) is 9.80 Å². The van der Waals surface area contributed by atoms with Crippen LogP contribution >= 0.6 is 0 Å². The van der Waals surface area contributed by atoms with E-state index in [1.54, 1.807) is 6.07 Å². The summed E-state index contributed by atoms with van der Waals surface area (Å²) in [6, 6.07) is 11.8. The van der Waals surface area contributed by atoms with Crippen molar-refractivity contribution in [2.24, 2.45) is 0 Å². The lowest BCUT2D eigenvalue weighted by Gasteiger charge is -2.39. The first-order valence-electron chi connectivity index (χ1n) is 10.4. The molecule has 0 aliphatic carbocycles. The molecule has 29 heavy (non-hydrogen) atoms. The fourth-order valence-electron chi connectivity index (χ4n) is 4.19. The normalized spacial score (nSPS) is 21.5. The summed E-state index contributed by atoms with van der Waals surface area (Å²) in [6.07, 6.45) is 0. The molecule has 6 heteroatoms. The lowest BCUT2D eigenvalue weighted by atomic mass is 10.0. The smallest absolute Gasteiger partial charge is 0.131 e. The SMILES string of the molecule is CC1CN(c2ccc(-c3cc(CN4CCOCC4)ccc3F)cc2N)CCN1C. The van der Waals surface area contributed by atoms with E-state index in [9.17, 15) is 4.39 Å². The summed E-state index contributed by atoms with van der Waals surface area (Å²) >= 11 is 0. The number of benzene rings is 2. The second-order valence-corrected chi connectivity index (χ2v) is 8.25. The molecule has 2 fully saturated rings. The van der Waals surface area contributed by atoms with Gasteiger partial charge < -0.3 is 20.3 Å². The van der Waals surface area contributed by atoms with Crippen LogP contribution in [0.4, 0.5) is 15.8 Å². The van der Waals surface area contributed by atoms with Crippen LogP contribution in [0.1, 0.15) is 12.5 Å². The summed E-state index contributed by atoms with van der Waals surface area (Å²) in [5.74, 6) is -0.212. The average molecular weight is 399 g/mol. The number of ether oxygens (including phenoxy) is 1. The number of nitrogens with two attached hydrogens (primary N) is 1. The Morgan fingerprint density at radius 2 is 1.86 bits per heavy atom. The molecule has 1 atom stereocenters. The summed E-state index contributed by atoms with van der Waals surface area (Å²) in [7, 11) is 2.15. The van der Waals surface area contributed by atoms with Gasteiger partial charge in [-0.25, -0.2) is 4.39 Å². The lowest BCUT2D eigenvalue weighted by molar-refractivity contribution is 0.0342. The third-order valence-electron chi connectivity index (χ3n) is 6.18. The monoisotopic (exact) mass is 398 g/mol. The standard InChI is InChI=1S/C23H31FN4O/c1-17-15-28(8-7-26(17)2)23-6-4-19(14-22(23)25)20-13-18(3-5-21(20)24)16-27-9-11-29-12-10-27/h3-6,13-14,17H,7-12,15-16,25H2,1-2H3. The van der Waals surface area contributed by atoms with Crippen molar-refractivity contribution < 1.29 is 9.13 Å². The summed E-state index contributed by atoms with van der Waals surface area (Å²) in [5.41, 5.74) is 10.7. The molecule has 0 radical (unpaired) electrons. The van der Waals surface area contributed by atoms with Crippen molar-refractivity contribution in [2.45, 2.75) is 19.5 Å². The van der Waals surface area contributed by atoms with Gasteiger partial charge in [0.2, 0.25) is 0 Å². The van der Waals surface area contributed by atoms with Crippen LogP contribution in [0.25, 0.3) is 11.1 Å². The van der Waals surface area contributed by atoms with Crippen LogP contribution in [-0.4, -0.2) is 68.8 Å². The van der Waals surface area contributed by atoms with Crippen LogP contribution in [0, 0.1) is 5.82 Å². The number of halogens is 1. The van der Waals surface area contributed by atoms with Gasteiger partial charge in [-0.3, -0.25) is 4.90 Å². The third kappa shape index (κ3) is 4.55. The number of morpholine rings is 1. The Bertz CT molecular complexity index is 853. The molecule has 0 spiro atoms. The van der Waals surface area contributed by atoms with E-state index in [2.05, 4.69) is 28.7 Å². The Morgan fingerprint density at radius 1 is 1.07 bits per heavy atom. The first-order chi connectivity index (χ1) is 14.0. The minimum Gasteiger partial charge on any atom is -0.397 e. The largest absolute Gasteiger partial charge is 0.397 e. The van der Waals surface area contributed by atoms with Gasteiger partial charge in [-0.2, -0.15) is 0 Å². The minimum absolute atomic E-state index is 0.212. The van der Waals surface area contributed by atoms with Crippen molar-refractivity contribution >= 4 is 11.4 Å². The third-order valence-corrected chi connectivity index (χ3v) is 6.18. The van der Waals surface area contributed by atoms with Crippen molar-refractivity contribution in [3.8, 4) is 11.1 Å². The van der Waals surface area contributed by atoms with Crippen LogP contribution in [0.2, 0.25) is 0 Å². The van der Waals surface area contributed by atoms with Crippen LogP contribution in [-0.2, 0) is 11.3 Å². The average Bonchev–Trinajstić information content (AvgIpc) is 2.72. The van der Waals surface area contributed by atoms with Gasteiger partial charge in [-0.15, -0.1) is 0 Å². The van der Waals surface area contributed by atoms with Crippen molar-refractivity contribution in [2.75, 3.05) is 63.6 Å². The zero-order valence-corrected chi connectivity index (χ0v) is 17.4. The Hall–Kier alpha value is -2.15. The molecule has 0 saturated carbocycles. The Labute approximate surface area is 172 Å². The highest BCUT2D eigenvalue weighted by Gasteiger charge is 2.22. The Balaban J connectivity index is 1.55. The van der Waals surface area contributed by atoms with E-state index in [-0.39, 0.29) is 5.82 Å². The molecule has 2 aliphatic rings. The summed E-state index contributed by atoms with van der Waals surface area (Å²) in [6.45, 7) is 9.30. The molecule has 156 valence electrons. The molecule has 2 heterocycles. The lowest BCUT2D eigenvalue weighted by Crippen LogP contribution is -2.50. The predicted molar refractivity (Wildman–Crippen MR) is 117 cm³/mol. The highest BCUT2D eigenvalue weighted by Crippen LogP contribution is 2.32. The highest BCUT2D eigenvalue weighted by molar-refractivity contribution is 5.77. The van der Waals surface area contributed by atoms with Gasteiger partial charge in [0.25, 0.3) is 0 Å². The van der Waals surface area contributed by atoms with Crippen molar-refractivity contribution in [1.29, 1.82) is 0 Å². The maximum Gasteiger partial charge on any atom is 0.131 e. The predicted octanol–water partition coefficient (Wildman–Crippen LogP) is 3.05. The van der Waals surface area contributed by atoms with Crippen LogP contribution < -0.4 is 10.6 Å². The Kier molecular flexibility index (Phi) is 6.04. The van der Waals surface area contributed by atoms with Gasteiger partial charge in [0, 0.05) is 50.9 Å². The molecular formula is C23H31FN4O. The molecule has 1 unspecified atom stereocenters. The van der Waals surface area contributed by atoms with Gasteiger partial charge in [0.15, 0.2) is 0 Å². The molecule has 2 N–H and O–H groups in total. The van der Waals surface area contributed by atoms with Crippen molar-refractivity contribution in [3.63, 3.8) is 0 Å². The molecule has 2 aromatic carbocycles. The van der Waals surface area contributed by atoms with Gasteiger partial charge in [-0.05, 0) is 49.4 Å². The van der Waals surface area contributed by atoms with Gasteiger partial charge in [0.1, 0.15) is 5.82 Å². The number of hydrogen-bond donors (Lipinski definition) is 1. The van der Waals surface area contributed by atoms with Crippen LogP contribution in [0.5, 0.6) is 0 Å². The number of hydrogen-bond acceptors (Lipinski definition) is 5. The van der Waals surface area contributed by atoms with E-state index in [0.29, 0.717) is 17.3 Å². The van der Waals surface area contributed by atoms with Crippen molar-refractivity contribution in [3.05, 3.63) is 47.8 Å². The molecule has 0 bridgehead atoms. The van der Waals surface area contributed by atoms with E-state index < -0.39 is 0 Å². The molecule has 2 saturated heterocycles. The molecule has 5 nitrogen and oxygen atoms in total. The molecule has 2 aromatic rings. The second-order valence-electron chi connectivity index (χ2n) is 8.25. The van der Waals surface area contributed by atoms with Gasteiger partial charge in [0.05, 0.1) is 24.6 Å². The van der Waals surface area contributed by atoms with E-state index >= 15 is 0 Å². The summed E-state index contributed by atoms with van der Waals surface area (Å²) in [5, 5.41) is 0. The number of nitrogen functional groups attached to an aromatic ring is 1. The van der Waals surface area contributed by atoms with Crippen LogP contribution in [0.15, 0.2) is 36.4 Å². The van der Waals surface area contributed by atoms with E-state index in [1.165, 1.54) is 0 Å². The number of anilines is 2. The zero-order valence-electron chi connectivity index (χ0n) is 17.4. The number of nitrogens with zero attached hydrogens (tertiary/aromatic N) is 3. The van der Waals surface area contributed by atoms with Gasteiger partial charge >= 0.3 is 0 Å². The minimum atomic E-state index is -0.212. The summed E-state index contributed by atoms with van der Waals surface area (Å²) in [4.78, 5) is 7.03. The quantitative estimate of drug-likeness (QED) is 0.802. The maximum absolute atomic E-state index is 14.6. The topological polar surface area (TPSA) is 45.0 Å². The fraction of sp³-hybridized carbons (Fsp3) is 0.478. The zero-order chi connectivity index (χ0) is 20.4. The molecule has 2 aliphatic heterocycles. The van der Waals surface area contributed by atoms with E-state index in [4.69, 9.17) is 10.5 Å². The highest BCUT2D eigenvalue weighted by atomic mass is 19.1. The van der Waals surface area contributed by atoms with E-state index in [0.717, 1.165) is 69.3 Å². The summed E-state index contributed by atoms with van der Waals surface area (Å²) < 4.78 is 20.0. The fourth-order valence-corrected chi connectivity index (χ4v) is 4.19. The Morgan fingerprint density at radius 3 is 2.59 bits per heavy atom. The first kappa shape index (κ1) is 20.1. The molecule has 0 amide bonds. The maximum atomic E-state index is 14.6. The van der Waals surface area contributed by atoms with Gasteiger partial charge in [-0.1, -0.05) is 12.1 Å². The second kappa shape index (κ2) is 8.69. The molecule has 0 aromatic heterocycles. The molecule has 4 rings (SSSR count). The number of likely N-dealkylation sites (N-methyl/N-ethyl adjacent to an activating group) is 1. The van der Waals surface area contributed by atoms with Crippen LogP contribution in [0.3, 0.4) is 0 Å². The first-order valence-corrected chi connectivity index (χ1v) is 10.4. The number of piperazine rings is 1. The number of rotatable bonds is 4. The van der Waals surface area contributed by atoms with E-state index in [1.807, 2.05) is 30.3 Å².